The molecular formula is C26H33N5O5S. The Kier molecular flexibility index (Phi) is 7.19. The van der Waals surface area contributed by atoms with Gasteiger partial charge in [-0.15, -0.1) is 0 Å². The highest BCUT2D eigenvalue weighted by Gasteiger charge is 2.31. The molecule has 10 nitrogen and oxygen atoms in total. The number of aromatic nitrogens is 3. The molecule has 0 aliphatic carbocycles. The number of hydrogen-bond acceptors (Lipinski definition) is 7. The Morgan fingerprint density at radius 1 is 1.16 bits per heavy atom. The number of nitrogens with zero attached hydrogens (tertiary/aromatic N) is 4. The van der Waals surface area contributed by atoms with Gasteiger partial charge in [-0.05, 0) is 63.3 Å². The first-order valence-electron chi connectivity index (χ1n) is 12.7. The van der Waals surface area contributed by atoms with Crippen LogP contribution in [0.15, 0.2) is 29.2 Å². The van der Waals surface area contributed by atoms with Gasteiger partial charge in [0.2, 0.25) is 10.0 Å². The molecular weight excluding hydrogens is 494 g/mol. The summed E-state index contributed by atoms with van der Waals surface area (Å²) in [5.74, 6) is -0.0974. The molecule has 1 amide bonds. The van der Waals surface area contributed by atoms with Gasteiger partial charge in [-0.3, -0.25) is 4.79 Å². The maximum atomic E-state index is 13.6. The Morgan fingerprint density at radius 3 is 2.65 bits per heavy atom. The van der Waals surface area contributed by atoms with E-state index in [2.05, 4.69) is 15.4 Å². The monoisotopic (exact) mass is 527 g/mol. The van der Waals surface area contributed by atoms with E-state index in [1.54, 1.807) is 22.7 Å². The molecule has 0 spiro atoms. The first-order valence-corrected chi connectivity index (χ1v) is 14.2. The van der Waals surface area contributed by atoms with Gasteiger partial charge >= 0.3 is 0 Å². The zero-order valence-electron chi connectivity index (χ0n) is 21.5. The third-order valence-electron chi connectivity index (χ3n) is 7.01. The molecule has 4 heterocycles. The van der Waals surface area contributed by atoms with Crippen molar-refractivity contribution in [2.24, 2.45) is 0 Å². The summed E-state index contributed by atoms with van der Waals surface area (Å²) in [5.41, 5.74) is 3.28. The number of methoxy groups -OCH3 is 1. The number of aryl methyl sites for hydroxylation is 2. The molecule has 3 aromatic rings. The van der Waals surface area contributed by atoms with E-state index in [0.717, 1.165) is 43.5 Å². The van der Waals surface area contributed by atoms with Crippen molar-refractivity contribution in [3.05, 3.63) is 41.3 Å². The number of ether oxygens (including phenoxy) is 2. The van der Waals surface area contributed by atoms with E-state index >= 15 is 0 Å². The Labute approximate surface area is 217 Å². The molecule has 5 rings (SSSR count). The third-order valence-corrected chi connectivity index (χ3v) is 8.93. The van der Waals surface area contributed by atoms with Crippen LogP contribution in [0.5, 0.6) is 5.75 Å². The van der Waals surface area contributed by atoms with Crippen molar-refractivity contribution in [2.75, 3.05) is 33.4 Å². The number of fused-ring (bicyclic) bond motifs is 1. The SMILES string of the molecule is COc1ccc(-c2c(C(=O)NC[C@@H]3CCCO3)nn3c(C)cc(C)nc23)cc1S(=O)(=O)N1CCCCC1. The summed E-state index contributed by atoms with van der Waals surface area (Å²) in [7, 11) is -2.34. The minimum absolute atomic E-state index is 0.0196. The van der Waals surface area contributed by atoms with Gasteiger partial charge in [-0.1, -0.05) is 12.5 Å². The zero-order chi connectivity index (χ0) is 26.2. The summed E-state index contributed by atoms with van der Waals surface area (Å²) in [6, 6.07) is 6.85. The fourth-order valence-corrected chi connectivity index (χ4v) is 6.82. The molecule has 198 valence electrons. The summed E-state index contributed by atoms with van der Waals surface area (Å²) >= 11 is 0. The second-order valence-corrected chi connectivity index (χ2v) is 11.6. The number of carbonyl (C=O) groups excluding carboxylic acids is 1. The molecule has 2 fully saturated rings. The molecule has 1 atom stereocenters. The topological polar surface area (TPSA) is 115 Å². The number of piperidine rings is 1. The number of carbonyl (C=O) groups is 1. The van der Waals surface area contributed by atoms with Crippen molar-refractivity contribution in [3.63, 3.8) is 0 Å². The lowest BCUT2D eigenvalue weighted by Gasteiger charge is -2.26. The van der Waals surface area contributed by atoms with Crippen molar-refractivity contribution in [1.29, 1.82) is 0 Å². The molecule has 11 heteroatoms. The lowest BCUT2D eigenvalue weighted by molar-refractivity contribution is 0.0854. The summed E-state index contributed by atoms with van der Waals surface area (Å²) < 4.78 is 41.5. The van der Waals surface area contributed by atoms with Gasteiger partial charge in [0.1, 0.15) is 10.6 Å². The first-order chi connectivity index (χ1) is 17.8. The number of rotatable bonds is 7. The molecule has 0 radical (unpaired) electrons. The van der Waals surface area contributed by atoms with Crippen LogP contribution in [0.3, 0.4) is 0 Å². The van der Waals surface area contributed by atoms with E-state index in [-0.39, 0.29) is 28.4 Å². The van der Waals surface area contributed by atoms with E-state index < -0.39 is 10.0 Å². The number of sulfonamides is 1. The van der Waals surface area contributed by atoms with E-state index in [4.69, 9.17) is 9.47 Å². The molecule has 37 heavy (non-hydrogen) atoms. The molecule has 1 aromatic carbocycles. The number of amides is 1. The maximum absolute atomic E-state index is 13.6. The van der Waals surface area contributed by atoms with Crippen molar-refractivity contribution in [1.82, 2.24) is 24.2 Å². The average Bonchev–Trinajstić information content (AvgIpc) is 3.56. The van der Waals surface area contributed by atoms with Crippen LogP contribution >= 0.6 is 0 Å². The lowest BCUT2D eigenvalue weighted by Crippen LogP contribution is -2.35. The van der Waals surface area contributed by atoms with E-state index in [9.17, 15) is 13.2 Å². The van der Waals surface area contributed by atoms with Crippen molar-refractivity contribution >= 4 is 21.6 Å². The third kappa shape index (κ3) is 4.95. The molecule has 2 aromatic heterocycles. The van der Waals surface area contributed by atoms with Crippen molar-refractivity contribution < 1.29 is 22.7 Å². The van der Waals surface area contributed by atoms with Gasteiger partial charge in [-0.2, -0.15) is 9.40 Å². The standard InChI is InChI=1S/C26H33N5O5S/c1-17-14-18(2)31-25(28-17)23(24(29-31)26(32)27-16-20-8-7-13-36-20)19-9-10-21(35-3)22(15-19)37(33,34)30-11-5-4-6-12-30/h9-10,14-15,20H,4-8,11-13,16H2,1-3H3,(H,27,32)/t20-/m0/s1. The fraction of sp³-hybridized carbons (Fsp3) is 0.500. The van der Waals surface area contributed by atoms with Crippen LogP contribution < -0.4 is 10.1 Å². The Balaban J connectivity index is 1.63. The van der Waals surface area contributed by atoms with Gasteiger partial charge in [0.15, 0.2) is 11.3 Å². The van der Waals surface area contributed by atoms with Gasteiger partial charge < -0.3 is 14.8 Å². The predicted molar refractivity (Wildman–Crippen MR) is 138 cm³/mol. The summed E-state index contributed by atoms with van der Waals surface area (Å²) in [4.78, 5) is 18.1. The van der Waals surface area contributed by atoms with E-state index in [0.29, 0.717) is 43.0 Å². The number of hydrogen-bond donors (Lipinski definition) is 1. The van der Waals surface area contributed by atoms with Crippen LogP contribution in [0.1, 0.15) is 54.0 Å². The van der Waals surface area contributed by atoms with Crippen molar-refractivity contribution in [2.45, 2.75) is 57.0 Å². The van der Waals surface area contributed by atoms with Gasteiger partial charge in [0.25, 0.3) is 5.91 Å². The molecule has 2 saturated heterocycles. The fourth-order valence-electron chi connectivity index (χ4n) is 5.12. The molecule has 0 unspecified atom stereocenters. The smallest absolute Gasteiger partial charge is 0.272 e. The minimum atomic E-state index is -3.80. The Morgan fingerprint density at radius 2 is 1.95 bits per heavy atom. The molecule has 0 bridgehead atoms. The highest BCUT2D eigenvalue weighted by molar-refractivity contribution is 7.89. The number of nitrogens with one attached hydrogen (secondary N) is 1. The van der Waals surface area contributed by atoms with Gasteiger partial charge in [0, 0.05) is 37.6 Å². The van der Waals surface area contributed by atoms with Gasteiger partial charge in [-0.25, -0.2) is 17.9 Å². The maximum Gasteiger partial charge on any atom is 0.272 e. The quantitative estimate of drug-likeness (QED) is 0.502. The second kappa shape index (κ2) is 10.4. The molecule has 0 saturated carbocycles. The zero-order valence-corrected chi connectivity index (χ0v) is 22.3. The van der Waals surface area contributed by atoms with E-state index in [1.165, 1.54) is 11.4 Å². The predicted octanol–water partition coefficient (Wildman–Crippen LogP) is 3.11. The molecule has 1 N–H and O–H groups in total. The minimum Gasteiger partial charge on any atom is -0.495 e. The summed E-state index contributed by atoms with van der Waals surface area (Å²) in [6.45, 7) is 5.80. The molecule has 2 aliphatic heterocycles. The highest BCUT2D eigenvalue weighted by Crippen LogP contribution is 2.36. The lowest BCUT2D eigenvalue weighted by atomic mass is 10.0. The Hall–Kier alpha value is -3.02. The highest BCUT2D eigenvalue weighted by atomic mass is 32.2. The summed E-state index contributed by atoms with van der Waals surface area (Å²) in [5, 5.41) is 7.56. The number of benzene rings is 1. The van der Waals surface area contributed by atoms with Crippen molar-refractivity contribution in [3.8, 4) is 16.9 Å². The van der Waals surface area contributed by atoms with Crippen LogP contribution in [-0.2, 0) is 14.8 Å². The first kappa shape index (κ1) is 25.6. The van der Waals surface area contributed by atoms with Crippen LogP contribution in [0.2, 0.25) is 0 Å². The normalized spacial score (nSPS) is 18.8. The van der Waals surface area contributed by atoms with Crippen LogP contribution in [-0.4, -0.2) is 72.7 Å². The van der Waals surface area contributed by atoms with Crippen LogP contribution in [0.4, 0.5) is 0 Å². The largest absolute Gasteiger partial charge is 0.495 e. The van der Waals surface area contributed by atoms with Crippen LogP contribution in [0.25, 0.3) is 16.8 Å². The average molecular weight is 528 g/mol. The second-order valence-electron chi connectivity index (χ2n) is 9.67. The summed E-state index contributed by atoms with van der Waals surface area (Å²) in [6.07, 6.45) is 4.52. The Bertz CT molecular complexity index is 1420. The van der Waals surface area contributed by atoms with Crippen LogP contribution in [0, 0.1) is 13.8 Å². The van der Waals surface area contributed by atoms with Gasteiger partial charge in [0.05, 0.1) is 18.8 Å². The molecule has 2 aliphatic rings. The van der Waals surface area contributed by atoms with E-state index in [1.807, 2.05) is 19.9 Å².